The minimum Gasteiger partial charge on any atom is -0.293 e. The van der Waals surface area contributed by atoms with Crippen molar-refractivity contribution in [2.45, 2.75) is 6.54 Å². The highest BCUT2D eigenvalue weighted by molar-refractivity contribution is 6.30. The lowest BCUT2D eigenvalue weighted by atomic mass is 10.1. The Balaban J connectivity index is 1.64. The van der Waals surface area contributed by atoms with Gasteiger partial charge in [-0.3, -0.25) is 9.36 Å². The van der Waals surface area contributed by atoms with Crippen molar-refractivity contribution in [2.75, 3.05) is 0 Å². The van der Waals surface area contributed by atoms with Crippen LogP contribution in [0, 0.1) is 0 Å². The van der Waals surface area contributed by atoms with Crippen molar-refractivity contribution >= 4 is 28.4 Å². The van der Waals surface area contributed by atoms with Crippen LogP contribution in [-0.4, -0.2) is 29.4 Å². The van der Waals surface area contributed by atoms with Gasteiger partial charge in [-0.25, -0.2) is 4.98 Å². The number of rotatable bonds is 3. The Bertz CT molecular complexity index is 1360. The van der Waals surface area contributed by atoms with E-state index in [1.807, 2.05) is 42.5 Å². The van der Waals surface area contributed by atoms with Crippen LogP contribution in [0.5, 0.6) is 0 Å². The van der Waals surface area contributed by atoms with Crippen molar-refractivity contribution in [2.24, 2.45) is 0 Å². The van der Waals surface area contributed by atoms with Crippen molar-refractivity contribution in [3.63, 3.8) is 0 Å². The van der Waals surface area contributed by atoms with E-state index in [2.05, 4.69) is 20.3 Å². The second-order valence-electron chi connectivity index (χ2n) is 6.34. The topological polar surface area (TPSA) is 78.0 Å². The Morgan fingerprint density at radius 3 is 2.50 bits per heavy atom. The highest BCUT2D eigenvalue weighted by Gasteiger charge is 2.15. The molecular formula is C20H13ClN6O. The van der Waals surface area contributed by atoms with Gasteiger partial charge in [-0.05, 0) is 23.3 Å². The lowest BCUT2D eigenvalue weighted by molar-refractivity contribution is 0.737. The summed E-state index contributed by atoms with van der Waals surface area (Å²) in [6.07, 6.45) is 3.20. The molecule has 0 atom stereocenters. The summed E-state index contributed by atoms with van der Waals surface area (Å²) in [5.41, 5.74) is 3.53. The van der Waals surface area contributed by atoms with Crippen molar-refractivity contribution in [1.82, 2.24) is 29.4 Å². The van der Waals surface area contributed by atoms with E-state index in [-0.39, 0.29) is 11.1 Å². The largest absolute Gasteiger partial charge is 0.293 e. The van der Waals surface area contributed by atoms with Crippen molar-refractivity contribution in [3.8, 4) is 11.1 Å². The van der Waals surface area contributed by atoms with Gasteiger partial charge < -0.3 is 0 Å². The maximum absolute atomic E-state index is 12.9. The molecule has 0 fully saturated rings. The molecule has 3 heterocycles. The summed E-state index contributed by atoms with van der Waals surface area (Å²) >= 11 is 5.96. The third-order valence-corrected chi connectivity index (χ3v) is 4.79. The molecule has 0 saturated carbocycles. The molecule has 0 saturated heterocycles. The molecule has 0 unspecified atom stereocenters. The minimum atomic E-state index is -0.258. The normalized spacial score (nSPS) is 11.3. The molecule has 5 rings (SSSR count). The van der Waals surface area contributed by atoms with Gasteiger partial charge in [0.1, 0.15) is 6.33 Å². The number of halogens is 1. The van der Waals surface area contributed by atoms with E-state index >= 15 is 0 Å². The van der Waals surface area contributed by atoms with Crippen LogP contribution in [0.4, 0.5) is 0 Å². The van der Waals surface area contributed by atoms with Crippen LogP contribution in [-0.2, 0) is 6.54 Å². The van der Waals surface area contributed by atoms with E-state index in [0.717, 1.165) is 16.7 Å². The Labute approximate surface area is 163 Å². The third-order valence-electron chi connectivity index (χ3n) is 4.53. The van der Waals surface area contributed by atoms with Crippen molar-refractivity contribution < 1.29 is 0 Å². The van der Waals surface area contributed by atoms with Gasteiger partial charge in [0.05, 0.1) is 12.7 Å². The Hall–Kier alpha value is -3.58. The fourth-order valence-electron chi connectivity index (χ4n) is 3.13. The summed E-state index contributed by atoms with van der Waals surface area (Å²) in [6.45, 7) is 0.414. The van der Waals surface area contributed by atoms with Gasteiger partial charge in [0.25, 0.3) is 5.56 Å². The zero-order chi connectivity index (χ0) is 19.1. The molecule has 0 aliphatic carbocycles. The quantitative estimate of drug-likeness (QED) is 0.474. The first kappa shape index (κ1) is 16.6. The molecule has 8 heteroatoms. The van der Waals surface area contributed by atoms with E-state index < -0.39 is 0 Å². The van der Waals surface area contributed by atoms with Crippen molar-refractivity contribution in [3.05, 3.63) is 88.1 Å². The molecule has 3 aromatic heterocycles. The van der Waals surface area contributed by atoms with Gasteiger partial charge >= 0.3 is 0 Å². The van der Waals surface area contributed by atoms with E-state index in [0.29, 0.717) is 22.9 Å². The first-order chi connectivity index (χ1) is 13.7. The molecule has 0 radical (unpaired) electrons. The van der Waals surface area contributed by atoms with Crippen LogP contribution in [0.3, 0.4) is 0 Å². The molecular weight excluding hydrogens is 376 g/mol. The fourth-order valence-corrected chi connectivity index (χ4v) is 3.25. The van der Waals surface area contributed by atoms with Gasteiger partial charge in [0.2, 0.25) is 0 Å². The second kappa shape index (κ2) is 6.54. The number of nitrogens with zero attached hydrogens (tertiary/aromatic N) is 6. The zero-order valence-corrected chi connectivity index (χ0v) is 15.3. The van der Waals surface area contributed by atoms with Gasteiger partial charge in [-0.1, -0.05) is 54.1 Å². The maximum Gasteiger partial charge on any atom is 0.283 e. The predicted molar refractivity (Wildman–Crippen MR) is 106 cm³/mol. The predicted octanol–water partition coefficient (Wildman–Crippen LogP) is 3.20. The lowest BCUT2D eigenvalue weighted by Crippen LogP contribution is -2.23. The van der Waals surface area contributed by atoms with Crippen LogP contribution >= 0.6 is 11.6 Å². The molecule has 0 spiro atoms. The molecule has 0 aliphatic rings. The summed E-state index contributed by atoms with van der Waals surface area (Å²) in [7, 11) is 0. The summed E-state index contributed by atoms with van der Waals surface area (Å²) in [4.78, 5) is 17.3. The van der Waals surface area contributed by atoms with Gasteiger partial charge in [0, 0.05) is 10.6 Å². The third kappa shape index (κ3) is 2.73. The molecule has 0 bridgehead atoms. The number of aromatic nitrogens is 6. The van der Waals surface area contributed by atoms with E-state index in [9.17, 15) is 4.79 Å². The minimum absolute atomic E-state index is 0.177. The summed E-state index contributed by atoms with van der Waals surface area (Å²) < 4.78 is 3.06. The lowest BCUT2D eigenvalue weighted by Gasteiger charge is -2.06. The standard InChI is InChI=1S/C20H13ClN6O/c21-15-8-6-14(7-9-15)16-10-23-27-18(16)25-24-17-19(27)22-12-26(20(17)28)11-13-4-2-1-3-5-13/h1-10,12H,11H2. The van der Waals surface area contributed by atoms with Crippen LogP contribution in [0.15, 0.2) is 71.9 Å². The Morgan fingerprint density at radius 2 is 1.71 bits per heavy atom. The molecule has 5 aromatic rings. The Kier molecular flexibility index (Phi) is 3.87. The van der Waals surface area contributed by atoms with Crippen LogP contribution in [0.25, 0.3) is 27.9 Å². The molecule has 7 nitrogen and oxygen atoms in total. The zero-order valence-electron chi connectivity index (χ0n) is 14.5. The molecule has 0 aliphatic heterocycles. The van der Waals surface area contributed by atoms with Crippen LogP contribution < -0.4 is 5.56 Å². The number of fused-ring (bicyclic) bond motifs is 3. The van der Waals surface area contributed by atoms with Crippen LogP contribution in [0.2, 0.25) is 5.02 Å². The van der Waals surface area contributed by atoms with Gasteiger partial charge in [-0.2, -0.15) is 9.61 Å². The molecule has 2 aromatic carbocycles. The van der Waals surface area contributed by atoms with E-state index in [1.54, 1.807) is 22.8 Å². The number of hydrogen-bond acceptors (Lipinski definition) is 5. The Morgan fingerprint density at radius 1 is 0.929 bits per heavy atom. The smallest absolute Gasteiger partial charge is 0.283 e. The van der Waals surface area contributed by atoms with E-state index in [1.165, 1.54) is 10.9 Å². The highest BCUT2D eigenvalue weighted by Crippen LogP contribution is 2.25. The average molecular weight is 389 g/mol. The fraction of sp³-hybridized carbons (Fsp3) is 0.0500. The first-order valence-corrected chi connectivity index (χ1v) is 8.98. The second-order valence-corrected chi connectivity index (χ2v) is 6.77. The maximum atomic E-state index is 12.9. The number of benzene rings is 2. The van der Waals surface area contributed by atoms with Gasteiger partial charge in [-0.15, -0.1) is 10.2 Å². The molecule has 0 amide bonds. The number of hydrogen-bond donors (Lipinski definition) is 0. The summed E-state index contributed by atoms with van der Waals surface area (Å²) in [6, 6.07) is 17.1. The highest BCUT2D eigenvalue weighted by atomic mass is 35.5. The average Bonchev–Trinajstić information content (AvgIpc) is 3.16. The first-order valence-electron chi connectivity index (χ1n) is 8.60. The molecule has 0 N–H and O–H groups in total. The van der Waals surface area contributed by atoms with Crippen LogP contribution in [0.1, 0.15) is 5.56 Å². The summed E-state index contributed by atoms with van der Waals surface area (Å²) in [5.74, 6) is 0. The SMILES string of the molecule is O=c1c2nnc3c(-c4ccc(Cl)cc4)cnn3c2ncn1Cc1ccccc1. The monoisotopic (exact) mass is 388 g/mol. The molecule has 136 valence electrons. The van der Waals surface area contributed by atoms with E-state index in [4.69, 9.17) is 11.6 Å². The van der Waals surface area contributed by atoms with Crippen molar-refractivity contribution in [1.29, 1.82) is 0 Å². The molecule has 28 heavy (non-hydrogen) atoms. The summed E-state index contributed by atoms with van der Waals surface area (Å²) in [5, 5.41) is 13.4. The van der Waals surface area contributed by atoms with Gasteiger partial charge in [0.15, 0.2) is 16.8 Å².